The van der Waals surface area contributed by atoms with E-state index in [9.17, 15) is 10.2 Å². The third-order valence-corrected chi connectivity index (χ3v) is 3.69. The van der Waals surface area contributed by atoms with Gasteiger partial charge in [-0.3, -0.25) is 9.98 Å². The Balaban J connectivity index is 2.12. The van der Waals surface area contributed by atoms with Gasteiger partial charge in [-0.05, 0) is 31.9 Å². The van der Waals surface area contributed by atoms with Crippen molar-refractivity contribution in [3.8, 4) is 11.5 Å². The number of ether oxygens (including phenoxy) is 1. The number of rotatable bonds is 6. The molecule has 0 aliphatic carbocycles. The molecular formula is C18H22N2O3. The topological polar surface area (TPSA) is 74.9 Å². The predicted octanol–water partition coefficient (Wildman–Crippen LogP) is 2.57. The first-order valence-electron chi connectivity index (χ1n) is 7.48. The zero-order chi connectivity index (χ0) is 16.8. The Morgan fingerprint density at radius 3 is 2.74 bits per heavy atom. The Bertz CT molecular complexity index is 712. The zero-order valence-corrected chi connectivity index (χ0v) is 13.7. The van der Waals surface area contributed by atoms with E-state index >= 15 is 0 Å². The molecule has 0 atom stereocenters. The van der Waals surface area contributed by atoms with Gasteiger partial charge in [0.2, 0.25) is 0 Å². The van der Waals surface area contributed by atoms with Gasteiger partial charge in [-0.25, -0.2) is 0 Å². The van der Waals surface area contributed by atoms with Crippen molar-refractivity contribution in [2.45, 2.75) is 26.9 Å². The largest absolute Gasteiger partial charge is 0.505 e. The third kappa shape index (κ3) is 4.07. The molecule has 0 saturated carbocycles. The fourth-order valence-corrected chi connectivity index (χ4v) is 2.37. The van der Waals surface area contributed by atoms with Crippen LogP contribution in [0, 0.1) is 13.8 Å². The number of aliphatic imine (C=N–C) groups is 1. The van der Waals surface area contributed by atoms with Gasteiger partial charge in [0.25, 0.3) is 0 Å². The smallest absolute Gasteiger partial charge is 0.145 e. The van der Waals surface area contributed by atoms with E-state index in [1.54, 1.807) is 26.4 Å². The van der Waals surface area contributed by atoms with Crippen LogP contribution in [0.4, 0.5) is 0 Å². The lowest BCUT2D eigenvalue weighted by Crippen LogP contribution is -2.00. The van der Waals surface area contributed by atoms with Gasteiger partial charge in [-0.15, -0.1) is 0 Å². The van der Waals surface area contributed by atoms with Gasteiger partial charge < -0.3 is 14.9 Å². The summed E-state index contributed by atoms with van der Waals surface area (Å²) in [6, 6.07) is 6.05. The summed E-state index contributed by atoms with van der Waals surface area (Å²) in [5, 5.41) is 19.4. The lowest BCUT2D eigenvalue weighted by molar-refractivity contribution is 0.280. The van der Waals surface area contributed by atoms with Crippen LogP contribution in [0.2, 0.25) is 0 Å². The Morgan fingerprint density at radius 2 is 2.04 bits per heavy atom. The normalized spacial score (nSPS) is 11.1. The number of aliphatic hydroxyl groups is 1. The van der Waals surface area contributed by atoms with Gasteiger partial charge in [0.15, 0.2) is 0 Å². The number of methoxy groups -OCH3 is 1. The van der Waals surface area contributed by atoms with E-state index in [0.717, 1.165) is 17.7 Å². The van der Waals surface area contributed by atoms with Crippen LogP contribution in [0.15, 0.2) is 29.4 Å². The minimum atomic E-state index is -0.187. The first kappa shape index (κ1) is 17.0. The molecule has 0 unspecified atom stereocenters. The molecule has 2 rings (SSSR count). The second-order valence-corrected chi connectivity index (χ2v) is 5.39. The summed E-state index contributed by atoms with van der Waals surface area (Å²) in [4.78, 5) is 8.40. The molecule has 1 heterocycles. The fourth-order valence-electron chi connectivity index (χ4n) is 2.37. The summed E-state index contributed by atoms with van der Waals surface area (Å²) in [6.45, 7) is 4.13. The fraction of sp³-hybridized carbons (Fsp3) is 0.333. The molecule has 0 aliphatic heterocycles. The molecule has 0 aliphatic rings. The maximum atomic E-state index is 10.1. The molecular weight excluding hydrogens is 292 g/mol. The van der Waals surface area contributed by atoms with Crippen molar-refractivity contribution in [2.24, 2.45) is 4.99 Å². The van der Waals surface area contributed by atoms with E-state index in [1.807, 2.05) is 19.1 Å². The van der Waals surface area contributed by atoms with Crippen LogP contribution < -0.4 is 4.74 Å². The molecule has 0 spiro atoms. The maximum absolute atomic E-state index is 10.1. The Labute approximate surface area is 136 Å². The molecule has 1 aromatic carbocycles. The highest BCUT2D eigenvalue weighted by Gasteiger charge is 2.09. The van der Waals surface area contributed by atoms with Crippen LogP contribution in [0.5, 0.6) is 11.5 Å². The molecule has 5 heteroatoms. The standard InChI is InChI=1S/C18H22N2O3/c1-12-4-5-17(23-3)14(8-12)6-7-19-10-16-15(11-21)9-20-13(2)18(16)22/h4-5,8-10,21-22H,6-7,11H2,1-3H3. The number of aromatic nitrogens is 1. The molecule has 0 saturated heterocycles. The van der Waals surface area contributed by atoms with Crippen LogP contribution in [0.3, 0.4) is 0 Å². The van der Waals surface area contributed by atoms with Gasteiger partial charge in [0.1, 0.15) is 11.5 Å². The molecule has 2 N–H and O–H groups in total. The Hall–Kier alpha value is -2.40. The molecule has 1 aromatic heterocycles. The molecule has 2 aromatic rings. The first-order chi connectivity index (χ1) is 11.1. The number of aliphatic hydroxyl groups excluding tert-OH is 1. The first-order valence-corrected chi connectivity index (χ1v) is 7.48. The van der Waals surface area contributed by atoms with Crippen molar-refractivity contribution in [1.29, 1.82) is 0 Å². The van der Waals surface area contributed by atoms with Crippen LogP contribution in [0.1, 0.15) is 27.9 Å². The number of aromatic hydroxyl groups is 1. The number of aryl methyl sites for hydroxylation is 2. The summed E-state index contributed by atoms with van der Waals surface area (Å²) in [5.74, 6) is 0.915. The second-order valence-electron chi connectivity index (χ2n) is 5.39. The molecule has 0 radical (unpaired) electrons. The van der Waals surface area contributed by atoms with E-state index in [4.69, 9.17) is 4.74 Å². The van der Waals surface area contributed by atoms with Gasteiger partial charge in [-0.2, -0.15) is 0 Å². The van der Waals surface area contributed by atoms with Crippen molar-refractivity contribution in [3.63, 3.8) is 0 Å². The lowest BCUT2D eigenvalue weighted by Gasteiger charge is -2.09. The highest BCUT2D eigenvalue weighted by atomic mass is 16.5. The number of nitrogens with zero attached hydrogens (tertiary/aromatic N) is 2. The van der Waals surface area contributed by atoms with Crippen molar-refractivity contribution < 1.29 is 14.9 Å². The summed E-state index contributed by atoms with van der Waals surface area (Å²) in [5.41, 5.74) is 3.88. The van der Waals surface area contributed by atoms with Crippen LogP contribution in [-0.4, -0.2) is 35.1 Å². The van der Waals surface area contributed by atoms with E-state index in [2.05, 4.69) is 16.0 Å². The van der Waals surface area contributed by atoms with Crippen LogP contribution in [0.25, 0.3) is 0 Å². The number of hydrogen-bond acceptors (Lipinski definition) is 5. The van der Waals surface area contributed by atoms with Crippen molar-refractivity contribution in [3.05, 3.63) is 52.3 Å². The highest BCUT2D eigenvalue weighted by molar-refractivity contribution is 5.85. The summed E-state index contributed by atoms with van der Waals surface area (Å²) in [6.07, 6.45) is 3.89. The van der Waals surface area contributed by atoms with Gasteiger partial charge in [0.05, 0.1) is 19.4 Å². The minimum Gasteiger partial charge on any atom is -0.505 e. The maximum Gasteiger partial charge on any atom is 0.145 e. The van der Waals surface area contributed by atoms with Crippen molar-refractivity contribution in [2.75, 3.05) is 13.7 Å². The molecule has 0 bridgehead atoms. The van der Waals surface area contributed by atoms with Crippen LogP contribution in [-0.2, 0) is 13.0 Å². The van der Waals surface area contributed by atoms with Crippen molar-refractivity contribution in [1.82, 2.24) is 4.98 Å². The summed E-state index contributed by atoms with van der Waals surface area (Å²) < 4.78 is 5.35. The van der Waals surface area contributed by atoms with E-state index in [1.165, 1.54) is 5.56 Å². The third-order valence-electron chi connectivity index (χ3n) is 3.69. The summed E-state index contributed by atoms with van der Waals surface area (Å²) in [7, 11) is 1.66. The van der Waals surface area contributed by atoms with Gasteiger partial charge in [0, 0.05) is 30.1 Å². The Morgan fingerprint density at radius 1 is 1.26 bits per heavy atom. The SMILES string of the molecule is COc1ccc(C)cc1CCN=Cc1c(CO)cnc(C)c1O. The van der Waals surface area contributed by atoms with E-state index < -0.39 is 0 Å². The molecule has 0 fully saturated rings. The molecule has 0 amide bonds. The zero-order valence-electron chi connectivity index (χ0n) is 13.7. The number of benzene rings is 1. The highest BCUT2D eigenvalue weighted by Crippen LogP contribution is 2.22. The number of pyridine rings is 1. The monoisotopic (exact) mass is 314 g/mol. The van der Waals surface area contributed by atoms with Gasteiger partial charge >= 0.3 is 0 Å². The number of hydrogen-bond donors (Lipinski definition) is 2. The Kier molecular flexibility index (Phi) is 5.71. The molecule has 122 valence electrons. The van der Waals surface area contributed by atoms with E-state index in [-0.39, 0.29) is 12.4 Å². The van der Waals surface area contributed by atoms with E-state index in [0.29, 0.717) is 23.4 Å². The predicted molar refractivity (Wildman–Crippen MR) is 90.5 cm³/mol. The molecule has 5 nitrogen and oxygen atoms in total. The van der Waals surface area contributed by atoms with Gasteiger partial charge in [-0.1, -0.05) is 17.7 Å². The second kappa shape index (κ2) is 7.74. The molecule has 23 heavy (non-hydrogen) atoms. The average Bonchev–Trinajstić information content (AvgIpc) is 2.55. The minimum absolute atomic E-state index is 0.0634. The van der Waals surface area contributed by atoms with Crippen molar-refractivity contribution >= 4 is 6.21 Å². The lowest BCUT2D eigenvalue weighted by atomic mass is 10.1. The summed E-state index contributed by atoms with van der Waals surface area (Å²) >= 11 is 0. The quantitative estimate of drug-likeness (QED) is 0.804. The average molecular weight is 314 g/mol. The van der Waals surface area contributed by atoms with Crippen LogP contribution >= 0.6 is 0 Å².